The third-order valence-electron chi connectivity index (χ3n) is 5.83. The van der Waals surface area contributed by atoms with E-state index < -0.39 is 11.6 Å². The number of aliphatic hydroxyl groups is 1. The van der Waals surface area contributed by atoms with Crippen LogP contribution in [0.25, 0.3) is 11.0 Å². The van der Waals surface area contributed by atoms with Gasteiger partial charge in [-0.3, -0.25) is 4.98 Å². The first-order valence-corrected chi connectivity index (χ1v) is 10.5. The number of aromatic nitrogens is 3. The van der Waals surface area contributed by atoms with Crippen molar-refractivity contribution >= 4 is 22.7 Å². The number of rotatable bonds is 5. The van der Waals surface area contributed by atoms with Gasteiger partial charge in [0.05, 0.1) is 17.8 Å². The molecule has 31 heavy (non-hydrogen) atoms. The van der Waals surface area contributed by atoms with Crippen molar-refractivity contribution in [3.63, 3.8) is 0 Å². The van der Waals surface area contributed by atoms with Crippen LogP contribution in [0.5, 0.6) is 5.75 Å². The SMILES string of the molecule is O[C@H]1C[C@H](Nc2nc3cnccc3nc2N2CCC(Oc3ccc(F)cc3F)CC2)C1. The van der Waals surface area contributed by atoms with E-state index in [0.29, 0.717) is 50.1 Å². The fourth-order valence-corrected chi connectivity index (χ4v) is 4.05. The van der Waals surface area contributed by atoms with Crippen LogP contribution in [0, 0.1) is 11.6 Å². The molecule has 9 heteroatoms. The van der Waals surface area contributed by atoms with E-state index >= 15 is 0 Å². The number of halogens is 2. The fourth-order valence-electron chi connectivity index (χ4n) is 4.05. The van der Waals surface area contributed by atoms with Crippen LogP contribution in [0.4, 0.5) is 20.4 Å². The highest BCUT2D eigenvalue weighted by molar-refractivity contribution is 5.80. The highest BCUT2D eigenvalue weighted by atomic mass is 19.1. The average molecular weight is 427 g/mol. The van der Waals surface area contributed by atoms with Gasteiger partial charge < -0.3 is 20.1 Å². The number of benzene rings is 1. The molecule has 0 atom stereocenters. The van der Waals surface area contributed by atoms with E-state index in [1.54, 1.807) is 12.4 Å². The minimum Gasteiger partial charge on any atom is -0.487 e. The van der Waals surface area contributed by atoms with E-state index in [4.69, 9.17) is 14.7 Å². The summed E-state index contributed by atoms with van der Waals surface area (Å²) in [7, 11) is 0. The number of anilines is 2. The van der Waals surface area contributed by atoms with Crippen LogP contribution in [-0.4, -0.2) is 51.4 Å². The molecule has 1 aliphatic heterocycles. The van der Waals surface area contributed by atoms with Crippen molar-refractivity contribution < 1.29 is 18.6 Å². The molecule has 1 aromatic carbocycles. The summed E-state index contributed by atoms with van der Waals surface area (Å²) < 4.78 is 32.8. The Kier molecular flexibility index (Phi) is 5.27. The van der Waals surface area contributed by atoms with Crippen molar-refractivity contribution in [3.05, 3.63) is 48.3 Å². The van der Waals surface area contributed by atoms with Gasteiger partial charge in [0.15, 0.2) is 23.2 Å². The lowest BCUT2D eigenvalue weighted by Gasteiger charge is -2.36. The van der Waals surface area contributed by atoms with Crippen molar-refractivity contribution in [1.29, 1.82) is 0 Å². The highest BCUT2D eigenvalue weighted by Gasteiger charge is 2.30. The largest absolute Gasteiger partial charge is 0.487 e. The van der Waals surface area contributed by atoms with Gasteiger partial charge in [-0.1, -0.05) is 0 Å². The highest BCUT2D eigenvalue weighted by Crippen LogP contribution is 2.32. The molecule has 0 spiro atoms. The zero-order valence-corrected chi connectivity index (χ0v) is 16.8. The number of piperidine rings is 1. The molecule has 0 unspecified atom stereocenters. The number of nitrogens with zero attached hydrogens (tertiary/aromatic N) is 4. The molecule has 2 fully saturated rings. The second kappa shape index (κ2) is 8.22. The van der Waals surface area contributed by atoms with Gasteiger partial charge in [0.25, 0.3) is 0 Å². The Morgan fingerprint density at radius 1 is 1.06 bits per heavy atom. The van der Waals surface area contributed by atoms with Gasteiger partial charge in [0.1, 0.15) is 17.4 Å². The van der Waals surface area contributed by atoms with Gasteiger partial charge >= 0.3 is 0 Å². The van der Waals surface area contributed by atoms with Crippen LogP contribution >= 0.6 is 0 Å². The van der Waals surface area contributed by atoms with Crippen LogP contribution in [0.3, 0.4) is 0 Å². The molecule has 162 valence electrons. The Bertz CT molecular complexity index is 1080. The zero-order valence-electron chi connectivity index (χ0n) is 16.8. The molecule has 2 aromatic heterocycles. The predicted molar refractivity (Wildman–Crippen MR) is 112 cm³/mol. The van der Waals surface area contributed by atoms with E-state index in [1.807, 2.05) is 6.07 Å². The number of nitrogens with one attached hydrogen (secondary N) is 1. The van der Waals surface area contributed by atoms with Gasteiger partial charge in [-0.15, -0.1) is 0 Å². The molecule has 1 aliphatic carbocycles. The molecule has 5 rings (SSSR count). The average Bonchev–Trinajstić information content (AvgIpc) is 2.75. The van der Waals surface area contributed by atoms with E-state index in [0.717, 1.165) is 17.4 Å². The minimum atomic E-state index is -0.689. The third kappa shape index (κ3) is 4.23. The number of hydrogen-bond donors (Lipinski definition) is 2. The van der Waals surface area contributed by atoms with Crippen molar-refractivity contribution in [2.75, 3.05) is 23.3 Å². The standard InChI is InChI=1S/C22H23F2N5O2/c23-13-1-2-20(17(24)9-13)31-16-4-7-29(8-5-16)22-21(26-14-10-15(30)11-14)27-19-12-25-6-3-18(19)28-22/h1-3,6,9,12,14-16,30H,4-5,7-8,10-11H2,(H,26,27)/t14-,15-. The summed E-state index contributed by atoms with van der Waals surface area (Å²) in [4.78, 5) is 15.8. The first-order valence-electron chi connectivity index (χ1n) is 10.5. The van der Waals surface area contributed by atoms with E-state index in [2.05, 4.69) is 15.2 Å². The summed E-state index contributed by atoms with van der Waals surface area (Å²) in [5.41, 5.74) is 1.47. The zero-order chi connectivity index (χ0) is 21.4. The number of ether oxygens (including phenoxy) is 1. The normalized spacial score (nSPS) is 21.7. The summed E-state index contributed by atoms with van der Waals surface area (Å²) in [5.74, 6) is 0.200. The Morgan fingerprint density at radius 2 is 1.87 bits per heavy atom. The third-order valence-corrected chi connectivity index (χ3v) is 5.83. The number of pyridine rings is 1. The second-order valence-corrected chi connectivity index (χ2v) is 8.11. The maximum atomic E-state index is 13.9. The molecule has 2 N–H and O–H groups in total. The van der Waals surface area contributed by atoms with E-state index in [-0.39, 0.29) is 24.0 Å². The first kappa shape index (κ1) is 19.9. The lowest BCUT2D eigenvalue weighted by Crippen LogP contribution is -2.41. The fraction of sp³-hybridized carbons (Fsp3) is 0.409. The van der Waals surface area contributed by atoms with Crippen LogP contribution in [0.1, 0.15) is 25.7 Å². The molecule has 0 bridgehead atoms. The van der Waals surface area contributed by atoms with Crippen molar-refractivity contribution in [2.24, 2.45) is 0 Å². The van der Waals surface area contributed by atoms with Crippen LogP contribution < -0.4 is 15.0 Å². The van der Waals surface area contributed by atoms with E-state index in [1.165, 1.54) is 12.1 Å². The molecule has 3 aromatic rings. The number of aliphatic hydroxyl groups excluding tert-OH is 1. The molecule has 1 saturated heterocycles. The topological polar surface area (TPSA) is 83.4 Å². The summed E-state index contributed by atoms with van der Waals surface area (Å²) >= 11 is 0. The Labute approximate surface area is 178 Å². The van der Waals surface area contributed by atoms with Crippen molar-refractivity contribution in [2.45, 2.75) is 43.9 Å². The van der Waals surface area contributed by atoms with Crippen LogP contribution in [0.15, 0.2) is 36.7 Å². The Morgan fingerprint density at radius 3 is 2.61 bits per heavy atom. The maximum absolute atomic E-state index is 13.9. The molecule has 1 saturated carbocycles. The number of hydrogen-bond acceptors (Lipinski definition) is 7. The lowest BCUT2D eigenvalue weighted by atomic mass is 9.89. The molecular formula is C22H23F2N5O2. The predicted octanol–water partition coefficient (Wildman–Crippen LogP) is 3.29. The lowest BCUT2D eigenvalue weighted by molar-refractivity contribution is 0.0835. The van der Waals surface area contributed by atoms with Crippen LogP contribution in [-0.2, 0) is 0 Å². The quantitative estimate of drug-likeness (QED) is 0.647. The van der Waals surface area contributed by atoms with Crippen molar-refractivity contribution in [3.8, 4) is 5.75 Å². The summed E-state index contributed by atoms with van der Waals surface area (Å²) in [6.07, 6.45) is 5.67. The summed E-state index contributed by atoms with van der Waals surface area (Å²) in [6.45, 7) is 1.33. The second-order valence-electron chi connectivity index (χ2n) is 8.11. The van der Waals surface area contributed by atoms with Gasteiger partial charge in [0.2, 0.25) is 0 Å². The summed E-state index contributed by atoms with van der Waals surface area (Å²) in [6, 6.07) is 5.35. The minimum absolute atomic E-state index is 0.0729. The smallest absolute Gasteiger partial charge is 0.172 e. The van der Waals surface area contributed by atoms with Crippen molar-refractivity contribution in [1.82, 2.24) is 15.0 Å². The van der Waals surface area contributed by atoms with Crippen LogP contribution in [0.2, 0.25) is 0 Å². The van der Waals surface area contributed by atoms with E-state index in [9.17, 15) is 13.9 Å². The van der Waals surface area contributed by atoms with Gasteiger partial charge in [-0.2, -0.15) is 0 Å². The Balaban J connectivity index is 1.32. The van der Waals surface area contributed by atoms with Gasteiger partial charge in [0, 0.05) is 44.2 Å². The summed E-state index contributed by atoms with van der Waals surface area (Å²) in [5, 5.41) is 13.0. The van der Waals surface area contributed by atoms with Gasteiger partial charge in [-0.25, -0.2) is 18.7 Å². The Hall–Kier alpha value is -3.07. The number of fused-ring (bicyclic) bond motifs is 1. The molecule has 2 aliphatic rings. The maximum Gasteiger partial charge on any atom is 0.172 e. The molecule has 7 nitrogen and oxygen atoms in total. The molecular weight excluding hydrogens is 404 g/mol. The molecule has 0 radical (unpaired) electrons. The van der Waals surface area contributed by atoms with Gasteiger partial charge in [-0.05, 0) is 31.0 Å². The first-order chi connectivity index (χ1) is 15.0. The molecule has 0 amide bonds. The monoisotopic (exact) mass is 427 g/mol. The molecule has 3 heterocycles.